The topological polar surface area (TPSA) is 45.5 Å². The van der Waals surface area contributed by atoms with Crippen molar-refractivity contribution in [2.45, 2.75) is 6.92 Å². The molecule has 0 atom stereocenters. The van der Waals surface area contributed by atoms with Crippen molar-refractivity contribution in [1.29, 1.82) is 0 Å². The molecule has 0 bridgehead atoms. The van der Waals surface area contributed by atoms with Crippen molar-refractivity contribution in [2.75, 3.05) is 21.3 Å². The Morgan fingerprint density at radius 1 is 0.750 bits per heavy atom. The molecular formula is C23H22N2O3. The van der Waals surface area contributed by atoms with Gasteiger partial charge in [-0.15, -0.1) is 0 Å². The Kier molecular flexibility index (Phi) is 4.65. The van der Waals surface area contributed by atoms with Gasteiger partial charge in [-0.2, -0.15) is 0 Å². The zero-order valence-corrected chi connectivity index (χ0v) is 16.4. The maximum absolute atomic E-state index is 5.49. The van der Waals surface area contributed by atoms with Gasteiger partial charge >= 0.3 is 0 Å². The second kappa shape index (κ2) is 7.27. The summed E-state index contributed by atoms with van der Waals surface area (Å²) in [7, 11) is 4.83. The van der Waals surface area contributed by atoms with Gasteiger partial charge in [0.25, 0.3) is 0 Å². The Morgan fingerprint density at radius 2 is 1.39 bits per heavy atom. The fraction of sp³-hybridized carbons (Fsp3) is 0.174. The monoisotopic (exact) mass is 374 g/mol. The zero-order chi connectivity index (χ0) is 19.7. The summed E-state index contributed by atoms with van der Waals surface area (Å²) in [5.41, 5.74) is 6.37. The second-order valence-electron chi connectivity index (χ2n) is 6.57. The van der Waals surface area contributed by atoms with Gasteiger partial charge in [-0.3, -0.25) is 4.57 Å². The number of hydrogen-bond donors (Lipinski definition) is 0. The van der Waals surface area contributed by atoms with Crippen LogP contribution in [0.5, 0.6) is 17.2 Å². The van der Waals surface area contributed by atoms with Gasteiger partial charge < -0.3 is 14.2 Å². The van der Waals surface area contributed by atoms with Crippen molar-refractivity contribution in [1.82, 2.24) is 9.55 Å². The van der Waals surface area contributed by atoms with E-state index in [0.29, 0.717) is 17.2 Å². The number of fused-ring (bicyclic) bond motifs is 1. The molecule has 5 nitrogen and oxygen atoms in total. The quantitative estimate of drug-likeness (QED) is 0.492. The zero-order valence-electron chi connectivity index (χ0n) is 16.4. The largest absolute Gasteiger partial charge is 0.493 e. The van der Waals surface area contributed by atoms with Crippen LogP contribution >= 0.6 is 0 Å². The summed E-state index contributed by atoms with van der Waals surface area (Å²) >= 11 is 0. The van der Waals surface area contributed by atoms with Crippen LogP contribution in [0.3, 0.4) is 0 Å². The van der Waals surface area contributed by atoms with E-state index in [1.165, 1.54) is 11.1 Å². The summed E-state index contributed by atoms with van der Waals surface area (Å²) < 4.78 is 18.4. The van der Waals surface area contributed by atoms with Crippen molar-refractivity contribution in [3.05, 3.63) is 66.5 Å². The van der Waals surface area contributed by atoms with Gasteiger partial charge in [-0.1, -0.05) is 35.9 Å². The molecule has 142 valence electrons. The Labute approximate surface area is 164 Å². The number of hydrogen-bond acceptors (Lipinski definition) is 4. The molecule has 0 fully saturated rings. The molecule has 1 aromatic heterocycles. The normalized spacial score (nSPS) is 10.9. The minimum atomic E-state index is 0.568. The predicted molar refractivity (Wildman–Crippen MR) is 111 cm³/mol. The molecule has 1 heterocycles. The van der Waals surface area contributed by atoms with Crippen LogP contribution in [0.25, 0.3) is 27.8 Å². The molecule has 4 rings (SSSR count). The lowest BCUT2D eigenvalue weighted by atomic mass is 10.0. The standard InChI is InChI=1S/C23H22N2O3/c1-15-5-7-16(8-6-15)17-9-10-19-20(11-17)25(14-24-19)18-12-21(26-2)23(28-4)22(13-18)27-3/h5-14H,1-4H3. The SMILES string of the molecule is COc1cc(-n2cnc3ccc(-c4ccc(C)cc4)cc32)cc(OC)c1OC. The molecule has 0 spiro atoms. The van der Waals surface area contributed by atoms with Crippen molar-refractivity contribution in [3.8, 4) is 34.1 Å². The van der Waals surface area contributed by atoms with Gasteiger partial charge in [-0.25, -0.2) is 4.98 Å². The van der Waals surface area contributed by atoms with Crippen LogP contribution in [0.15, 0.2) is 60.9 Å². The summed E-state index contributed by atoms with van der Waals surface area (Å²) in [6.07, 6.45) is 1.81. The molecule has 3 aromatic carbocycles. The maximum atomic E-state index is 5.49. The summed E-state index contributed by atoms with van der Waals surface area (Å²) in [6.45, 7) is 2.09. The van der Waals surface area contributed by atoms with Crippen LogP contribution in [0.4, 0.5) is 0 Å². The lowest BCUT2D eigenvalue weighted by molar-refractivity contribution is 0.324. The highest BCUT2D eigenvalue weighted by molar-refractivity contribution is 5.84. The molecule has 0 amide bonds. The second-order valence-corrected chi connectivity index (χ2v) is 6.57. The smallest absolute Gasteiger partial charge is 0.203 e. The van der Waals surface area contributed by atoms with E-state index in [1.54, 1.807) is 21.3 Å². The highest BCUT2D eigenvalue weighted by Crippen LogP contribution is 2.40. The van der Waals surface area contributed by atoms with Crippen LogP contribution in [-0.2, 0) is 0 Å². The van der Waals surface area contributed by atoms with E-state index in [2.05, 4.69) is 48.3 Å². The maximum Gasteiger partial charge on any atom is 0.203 e. The first-order valence-corrected chi connectivity index (χ1v) is 8.99. The first-order valence-electron chi connectivity index (χ1n) is 8.99. The first kappa shape index (κ1) is 17.9. The summed E-state index contributed by atoms with van der Waals surface area (Å²) in [5.74, 6) is 1.78. The molecule has 0 aliphatic carbocycles. The van der Waals surface area contributed by atoms with Crippen LogP contribution in [0.2, 0.25) is 0 Å². The number of imidazole rings is 1. The lowest BCUT2D eigenvalue weighted by Crippen LogP contribution is -1.99. The summed E-state index contributed by atoms with van der Waals surface area (Å²) in [5, 5.41) is 0. The van der Waals surface area contributed by atoms with Gasteiger partial charge in [0, 0.05) is 12.1 Å². The van der Waals surface area contributed by atoms with Crippen molar-refractivity contribution >= 4 is 11.0 Å². The third kappa shape index (κ3) is 3.05. The highest BCUT2D eigenvalue weighted by Gasteiger charge is 2.15. The number of benzene rings is 3. The van der Waals surface area contributed by atoms with Gasteiger partial charge in [0.1, 0.15) is 6.33 Å². The molecule has 28 heavy (non-hydrogen) atoms. The Morgan fingerprint density at radius 3 is 2.00 bits per heavy atom. The average molecular weight is 374 g/mol. The minimum Gasteiger partial charge on any atom is -0.493 e. The predicted octanol–water partition coefficient (Wildman–Crippen LogP) is 5.03. The average Bonchev–Trinajstić information content (AvgIpc) is 3.16. The minimum absolute atomic E-state index is 0.568. The Bertz CT molecular complexity index is 1110. The van der Waals surface area contributed by atoms with Gasteiger partial charge in [0.15, 0.2) is 11.5 Å². The Hall–Kier alpha value is -3.47. The number of ether oxygens (including phenoxy) is 3. The molecule has 0 N–H and O–H groups in total. The molecule has 0 unspecified atom stereocenters. The van der Waals surface area contributed by atoms with Gasteiger partial charge in [0.2, 0.25) is 5.75 Å². The number of aryl methyl sites for hydroxylation is 1. The Balaban J connectivity index is 1.87. The number of nitrogens with zero attached hydrogens (tertiary/aromatic N) is 2. The molecule has 0 aliphatic rings. The van der Waals surface area contributed by atoms with Gasteiger partial charge in [-0.05, 0) is 30.2 Å². The van der Waals surface area contributed by atoms with Crippen LogP contribution in [0.1, 0.15) is 5.56 Å². The van der Waals surface area contributed by atoms with E-state index in [0.717, 1.165) is 22.3 Å². The number of rotatable bonds is 5. The third-order valence-electron chi connectivity index (χ3n) is 4.86. The van der Waals surface area contributed by atoms with Crippen LogP contribution in [-0.4, -0.2) is 30.9 Å². The van der Waals surface area contributed by atoms with Crippen LogP contribution < -0.4 is 14.2 Å². The van der Waals surface area contributed by atoms with Crippen LogP contribution in [0, 0.1) is 6.92 Å². The molecule has 4 aromatic rings. The molecule has 0 aliphatic heterocycles. The first-order chi connectivity index (χ1) is 13.6. The molecule has 0 saturated carbocycles. The van der Waals surface area contributed by atoms with E-state index in [9.17, 15) is 0 Å². The van der Waals surface area contributed by atoms with E-state index in [1.807, 2.05) is 29.1 Å². The van der Waals surface area contributed by atoms with E-state index < -0.39 is 0 Å². The van der Waals surface area contributed by atoms with E-state index in [-0.39, 0.29) is 0 Å². The molecular weight excluding hydrogens is 352 g/mol. The van der Waals surface area contributed by atoms with Crippen molar-refractivity contribution in [3.63, 3.8) is 0 Å². The summed E-state index contributed by atoms with van der Waals surface area (Å²) in [6, 6.07) is 18.6. The summed E-state index contributed by atoms with van der Waals surface area (Å²) in [4.78, 5) is 4.55. The highest BCUT2D eigenvalue weighted by atomic mass is 16.5. The van der Waals surface area contributed by atoms with Crippen molar-refractivity contribution in [2.24, 2.45) is 0 Å². The third-order valence-corrected chi connectivity index (χ3v) is 4.86. The van der Waals surface area contributed by atoms with E-state index in [4.69, 9.17) is 14.2 Å². The van der Waals surface area contributed by atoms with E-state index >= 15 is 0 Å². The fourth-order valence-corrected chi connectivity index (χ4v) is 3.35. The molecule has 5 heteroatoms. The van der Waals surface area contributed by atoms with Gasteiger partial charge in [0.05, 0.1) is 38.1 Å². The lowest BCUT2D eigenvalue weighted by Gasteiger charge is -2.15. The van der Waals surface area contributed by atoms with Crippen molar-refractivity contribution < 1.29 is 14.2 Å². The molecule has 0 saturated heterocycles. The molecule has 0 radical (unpaired) electrons. The fourth-order valence-electron chi connectivity index (χ4n) is 3.35. The number of aromatic nitrogens is 2. The number of methoxy groups -OCH3 is 3.